The van der Waals surface area contributed by atoms with Gasteiger partial charge in [0.05, 0.1) is 0 Å². The van der Waals surface area contributed by atoms with Gasteiger partial charge in [-0.05, 0) is 37.6 Å². The van der Waals surface area contributed by atoms with Crippen molar-refractivity contribution in [2.24, 2.45) is 11.8 Å². The van der Waals surface area contributed by atoms with Gasteiger partial charge in [-0.2, -0.15) is 0 Å². The first-order chi connectivity index (χ1) is 7.35. The van der Waals surface area contributed by atoms with Crippen molar-refractivity contribution in [3.05, 3.63) is 0 Å². The zero-order valence-corrected chi connectivity index (χ0v) is 10.5. The third kappa shape index (κ3) is 2.55. The lowest BCUT2D eigenvalue weighted by atomic mass is 9.79. The number of piperidine rings is 1. The van der Waals surface area contributed by atoms with Crippen LogP contribution in [0.1, 0.15) is 58.8 Å². The molecule has 88 valence electrons. The molecule has 0 spiro atoms. The molecule has 0 radical (unpaired) electrons. The molecule has 2 atom stereocenters. The fourth-order valence-corrected chi connectivity index (χ4v) is 3.41. The topological polar surface area (TPSA) is 3.24 Å². The molecule has 0 aromatic rings. The van der Waals surface area contributed by atoms with Crippen molar-refractivity contribution in [3.63, 3.8) is 0 Å². The largest absolute Gasteiger partial charge is 0.300 e. The summed E-state index contributed by atoms with van der Waals surface area (Å²) in [5, 5.41) is 0. The Hall–Kier alpha value is -0.0400. The SMILES string of the molecule is CCC[C@H]1CCN(C2CCC2)C[C@H]1CC. The van der Waals surface area contributed by atoms with E-state index in [2.05, 4.69) is 18.7 Å². The van der Waals surface area contributed by atoms with E-state index in [0.29, 0.717) is 0 Å². The second-order valence-corrected chi connectivity index (χ2v) is 5.59. The van der Waals surface area contributed by atoms with E-state index in [1.54, 1.807) is 0 Å². The van der Waals surface area contributed by atoms with Gasteiger partial charge in [0.2, 0.25) is 0 Å². The molecule has 1 aliphatic heterocycles. The molecule has 1 saturated carbocycles. The second-order valence-electron chi connectivity index (χ2n) is 5.59. The van der Waals surface area contributed by atoms with Gasteiger partial charge in [0.1, 0.15) is 0 Å². The average molecular weight is 209 g/mol. The number of hydrogen-bond acceptors (Lipinski definition) is 1. The van der Waals surface area contributed by atoms with E-state index in [9.17, 15) is 0 Å². The van der Waals surface area contributed by atoms with Crippen LogP contribution in [0.5, 0.6) is 0 Å². The lowest BCUT2D eigenvalue weighted by molar-refractivity contribution is 0.0428. The normalized spacial score (nSPS) is 34.0. The minimum Gasteiger partial charge on any atom is -0.300 e. The Morgan fingerprint density at radius 3 is 2.40 bits per heavy atom. The van der Waals surface area contributed by atoms with Crippen LogP contribution in [0.2, 0.25) is 0 Å². The van der Waals surface area contributed by atoms with Crippen molar-refractivity contribution in [1.29, 1.82) is 0 Å². The van der Waals surface area contributed by atoms with Crippen LogP contribution in [0.4, 0.5) is 0 Å². The fraction of sp³-hybridized carbons (Fsp3) is 1.00. The van der Waals surface area contributed by atoms with Crippen molar-refractivity contribution in [3.8, 4) is 0 Å². The summed E-state index contributed by atoms with van der Waals surface area (Å²) in [5.41, 5.74) is 0. The summed E-state index contributed by atoms with van der Waals surface area (Å²) in [6.07, 6.45) is 10.2. The smallest absolute Gasteiger partial charge is 0.00953 e. The molecule has 1 saturated heterocycles. The average Bonchev–Trinajstić information content (AvgIpc) is 2.18. The van der Waals surface area contributed by atoms with E-state index < -0.39 is 0 Å². The Balaban J connectivity index is 1.84. The van der Waals surface area contributed by atoms with Crippen molar-refractivity contribution in [2.45, 2.75) is 64.8 Å². The van der Waals surface area contributed by atoms with Gasteiger partial charge in [0.25, 0.3) is 0 Å². The Morgan fingerprint density at radius 1 is 1.07 bits per heavy atom. The maximum Gasteiger partial charge on any atom is 0.00953 e. The Labute approximate surface area is 95.2 Å². The molecule has 2 fully saturated rings. The van der Waals surface area contributed by atoms with E-state index in [1.807, 2.05) is 0 Å². The summed E-state index contributed by atoms with van der Waals surface area (Å²) in [6, 6.07) is 0.974. The maximum atomic E-state index is 2.80. The van der Waals surface area contributed by atoms with Crippen molar-refractivity contribution in [2.75, 3.05) is 13.1 Å². The lowest BCUT2D eigenvalue weighted by Gasteiger charge is -2.45. The van der Waals surface area contributed by atoms with Crippen molar-refractivity contribution < 1.29 is 0 Å². The summed E-state index contributed by atoms with van der Waals surface area (Å²) in [5.74, 6) is 2.04. The molecule has 2 rings (SSSR count). The summed E-state index contributed by atoms with van der Waals surface area (Å²) in [6.45, 7) is 7.53. The van der Waals surface area contributed by atoms with E-state index in [4.69, 9.17) is 0 Å². The first kappa shape index (κ1) is 11.4. The molecule has 0 aromatic carbocycles. The maximum absolute atomic E-state index is 2.80. The first-order valence-corrected chi connectivity index (χ1v) is 7.09. The molecule has 1 heteroatoms. The number of likely N-dealkylation sites (tertiary alicyclic amines) is 1. The molecular formula is C14H27N. The van der Waals surface area contributed by atoms with Gasteiger partial charge in [0, 0.05) is 12.6 Å². The van der Waals surface area contributed by atoms with Gasteiger partial charge < -0.3 is 4.90 Å². The van der Waals surface area contributed by atoms with E-state index in [-0.39, 0.29) is 0 Å². The van der Waals surface area contributed by atoms with Gasteiger partial charge in [-0.25, -0.2) is 0 Å². The summed E-state index contributed by atoms with van der Waals surface area (Å²) in [7, 11) is 0. The third-order valence-corrected chi connectivity index (χ3v) is 4.70. The highest BCUT2D eigenvalue weighted by Gasteiger charge is 2.32. The van der Waals surface area contributed by atoms with Gasteiger partial charge in [-0.3, -0.25) is 0 Å². The fourth-order valence-electron chi connectivity index (χ4n) is 3.41. The van der Waals surface area contributed by atoms with Crippen LogP contribution < -0.4 is 0 Å². The van der Waals surface area contributed by atoms with Gasteiger partial charge in [-0.15, -0.1) is 0 Å². The molecule has 15 heavy (non-hydrogen) atoms. The molecular weight excluding hydrogens is 182 g/mol. The molecule has 1 aliphatic carbocycles. The molecule has 0 aromatic heterocycles. The minimum atomic E-state index is 0.974. The number of nitrogens with zero attached hydrogens (tertiary/aromatic N) is 1. The van der Waals surface area contributed by atoms with Crippen LogP contribution >= 0.6 is 0 Å². The Kier molecular flexibility index (Phi) is 4.07. The Bertz CT molecular complexity index is 186. The molecule has 0 N–H and O–H groups in total. The molecule has 0 amide bonds. The summed E-state index contributed by atoms with van der Waals surface area (Å²) < 4.78 is 0. The summed E-state index contributed by atoms with van der Waals surface area (Å²) >= 11 is 0. The van der Waals surface area contributed by atoms with Crippen LogP contribution in [0.15, 0.2) is 0 Å². The lowest BCUT2D eigenvalue weighted by Crippen LogP contribution is -2.48. The zero-order chi connectivity index (χ0) is 10.7. The quantitative estimate of drug-likeness (QED) is 0.682. The highest BCUT2D eigenvalue weighted by Crippen LogP contribution is 2.34. The first-order valence-electron chi connectivity index (χ1n) is 7.09. The molecule has 0 unspecified atom stereocenters. The predicted molar refractivity (Wildman–Crippen MR) is 66.0 cm³/mol. The monoisotopic (exact) mass is 209 g/mol. The predicted octanol–water partition coefficient (Wildman–Crippen LogP) is 3.69. The molecule has 1 nitrogen and oxygen atoms in total. The molecule has 0 bridgehead atoms. The van der Waals surface area contributed by atoms with Gasteiger partial charge in [0.15, 0.2) is 0 Å². The molecule has 1 heterocycles. The third-order valence-electron chi connectivity index (χ3n) is 4.70. The summed E-state index contributed by atoms with van der Waals surface area (Å²) in [4.78, 5) is 2.80. The highest BCUT2D eigenvalue weighted by atomic mass is 15.2. The highest BCUT2D eigenvalue weighted by molar-refractivity contribution is 4.87. The van der Waals surface area contributed by atoms with Crippen LogP contribution in [-0.2, 0) is 0 Å². The van der Waals surface area contributed by atoms with E-state index >= 15 is 0 Å². The number of hydrogen-bond donors (Lipinski definition) is 0. The van der Waals surface area contributed by atoms with Crippen LogP contribution in [0.25, 0.3) is 0 Å². The van der Waals surface area contributed by atoms with E-state index in [1.165, 1.54) is 58.0 Å². The molecule has 2 aliphatic rings. The van der Waals surface area contributed by atoms with Gasteiger partial charge in [-0.1, -0.05) is 39.5 Å². The second kappa shape index (κ2) is 5.34. The van der Waals surface area contributed by atoms with Crippen LogP contribution in [0, 0.1) is 11.8 Å². The van der Waals surface area contributed by atoms with Crippen molar-refractivity contribution in [1.82, 2.24) is 4.90 Å². The zero-order valence-electron chi connectivity index (χ0n) is 10.5. The number of rotatable bonds is 4. The standard InChI is InChI=1S/C14H27N/c1-3-6-13-9-10-15(11-12(13)4-2)14-7-5-8-14/h12-14H,3-11H2,1-2H3/t12-,13+/m1/s1. The van der Waals surface area contributed by atoms with Crippen molar-refractivity contribution >= 4 is 0 Å². The van der Waals surface area contributed by atoms with Crippen LogP contribution in [-0.4, -0.2) is 24.0 Å². The van der Waals surface area contributed by atoms with E-state index in [0.717, 1.165) is 17.9 Å². The Morgan fingerprint density at radius 2 is 1.87 bits per heavy atom. The minimum absolute atomic E-state index is 0.974. The van der Waals surface area contributed by atoms with Gasteiger partial charge >= 0.3 is 0 Å². The van der Waals surface area contributed by atoms with Crippen LogP contribution in [0.3, 0.4) is 0 Å².